The molecule has 0 aliphatic carbocycles. The van der Waals surface area contributed by atoms with E-state index in [1.54, 1.807) is 30.3 Å². The summed E-state index contributed by atoms with van der Waals surface area (Å²) >= 11 is 1.47. The second-order valence-electron chi connectivity index (χ2n) is 7.43. The Morgan fingerprint density at radius 3 is 2.58 bits per heavy atom. The largest absolute Gasteiger partial charge is 0.290 e. The maximum absolute atomic E-state index is 12.8. The number of para-hydroxylation sites is 1. The second kappa shape index (κ2) is 10.2. The van der Waals surface area contributed by atoms with Crippen molar-refractivity contribution in [3.05, 3.63) is 75.7 Å². The van der Waals surface area contributed by atoms with Crippen molar-refractivity contribution in [3.63, 3.8) is 0 Å². The molecule has 0 atom stereocenters. The third-order valence-electron chi connectivity index (χ3n) is 5.04. The summed E-state index contributed by atoms with van der Waals surface area (Å²) in [5.41, 5.74) is 5.45. The summed E-state index contributed by atoms with van der Waals surface area (Å²) in [5.74, 6) is -1.11. The Balaban J connectivity index is 1.48. The molecule has 0 saturated heterocycles. The summed E-state index contributed by atoms with van der Waals surface area (Å²) in [6.45, 7) is 2.50. The molecule has 2 aromatic carbocycles. The first-order valence-electron chi connectivity index (χ1n) is 10.7. The number of thiazole rings is 1. The lowest BCUT2D eigenvalue weighted by atomic mass is 10.1. The summed E-state index contributed by atoms with van der Waals surface area (Å²) in [6, 6.07) is 14.5. The van der Waals surface area contributed by atoms with Crippen molar-refractivity contribution >= 4 is 50.2 Å². The fourth-order valence-corrected chi connectivity index (χ4v) is 4.26. The van der Waals surface area contributed by atoms with E-state index in [0.29, 0.717) is 22.3 Å². The Kier molecular flexibility index (Phi) is 6.89. The maximum Gasteiger partial charge on any atom is 0.290 e. The van der Waals surface area contributed by atoms with Crippen LogP contribution < -0.4 is 16.4 Å². The van der Waals surface area contributed by atoms with E-state index in [0.717, 1.165) is 29.5 Å². The lowest BCUT2D eigenvalue weighted by molar-refractivity contribution is -0.117. The third kappa shape index (κ3) is 5.15. The molecule has 4 rings (SSSR count). The first-order valence-corrected chi connectivity index (χ1v) is 11.5. The fourth-order valence-electron chi connectivity index (χ4n) is 3.39. The van der Waals surface area contributed by atoms with Crippen LogP contribution in [0.2, 0.25) is 0 Å². The molecule has 2 aromatic heterocycles. The van der Waals surface area contributed by atoms with Gasteiger partial charge in [-0.25, -0.2) is 9.67 Å². The highest BCUT2D eigenvalue weighted by Gasteiger charge is 2.17. The standard InChI is InChI=1S/C24H23N5O3S/c1-2-3-8-15-29-24(32)17-10-5-4-9-16(17)22(28-29)23(31)27-26-20(30)13-14-21-25-18-11-6-7-12-19(18)33-21/h4-7,9-14H,2-3,8,15H2,1H3,(H,26,30)(H,27,31)/b14-13+. The molecule has 2 N–H and O–H groups in total. The Morgan fingerprint density at radius 1 is 1.03 bits per heavy atom. The summed E-state index contributed by atoms with van der Waals surface area (Å²) in [4.78, 5) is 42.2. The highest BCUT2D eigenvalue weighted by atomic mass is 32.1. The zero-order chi connectivity index (χ0) is 23.2. The van der Waals surface area contributed by atoms with Crippen molar-refractivity contribution < 1.29 is 9.59 Å². The van der Waals surface area contributed by atoms with E-state index in [1.165, 1.54) is 22.1 Å². The third-order valence-corrected chi connectivity index (χ3v) is 6.04. The molecule has 33 heavy (non-hydrogen) atoms. The van der Waals surface area contributed by atoms with Crippen LogP contribution >= 0.6 is 11.3 Å². The average molecular weight is 462 g/mol. The number of carbonyl (C=O) groups is 2. The molecule has 0 bridgehead atoms. The number of aryl methyl sites for hydroxylation is 1. The van der Waals surface area contributed by atoms with E-state index in [9.17, 15) is 14.4 Å². The molecule has 2 amide bonds. The van der Waals surface area contributed by atoms with Crippen molar-refractivity contribution in [3.8, 4) is 0 Å². The van der Waals surface area contributed by atoms with E-state index in [2.05, 4.69) is 27.9 Å². The summed E-state index contributed by atoms with van der Waals surface area (Å²) in [5, 5.41) is 5.82. The van der Waals surface area contributed by atoms with Gasteiger partial charge < -0.3 is 0 Å². The molecule has 0 spiro atoms. The fraction of sp³-hybridized carbons (Fsp3) is 0.208. The highest BCUT2D eigenvalue weighted by molar-refractivity contribution is 7.19. The van der Waals surface area contributed by atoms with Crippen LogP contribution in [0.3, 0.4) is 0 Å². The maximum atomic E-state index is 12.8. The van der Waals surface area contributed by atoms with Crippen LogP contribution in [0, 0.1) is 0 Å². The van der Waals surface area contributed by atoms with E-state index >= 15 is 0 Å². The Morgan fingerprint density at radius 2 is 1.79 bits per heavy atom. The van der Waals surface area contributed by atoms with Crippen molar-refractivity contribution in [1.29, 1.82) is 0 Å². The minimum atomic E-state index is -0.600. The number of hydrazine groups is 1. The molecular weight excluding hydrogens is 438 g/mol. The van der Waals surface area contributed by atoms with Crippen LogP contribution in [-0.2, 0) is 11.3 Å². The van der Waals surface area contributed by atoms with Gasteiger partial charge in [-0.3, -0.25) is 25.2 Å². The molecule has 2 heterocycles. The lowest BCUT2D eigenvalue weighted by Gasteiger charge is -2.11. The molecule has 0 radical (unpaired) electrons. The van der Waals surface area contributed by atoms with Crippen LogP contribution in [0.4, 0.5) is 0 Å². The molecule has 168 valence electrons. The van der Waals surface area contributed by atoms with Gasteiger partial charge in [-0.2, -0.15) is 5.10 Å². The number of unbranched alkanes of at least 4 members (excludes halogenated alkanes) is 2. The highest BCUT2D eigenvalue weighted by Crippen LogP contribution is 2.22. The van der Waals surface area contributed by atoms with Crippen LogP contribution in [0.1, 0.15) is 41.7 Å². The number of benzene rings is 2. The smallest absolute Gasteiger partial charge is 0.268 e. The first kappa shape index (κ1) is 22.3. The molecule has 4 aromatic rings. The predicted molar refractivity (Wildman–Crippen MR) is 130 cm³/mol. The Bertz CT molecular complexity index is 1370. The van der Waals surface area contributed by atoms with Crippen LogP contribution in [0.5, 0.6) is 0 Å². The van der Waals surface area contributed by atoms with Crippen molar-refractivity contribution in [2.24, 2.45) is 0 Å². The Labute approximate surface area is 193 Å². The van der Waals surface area contributed by atoms with Crippen molar-refractivity contribution in [2.75, 3.05) is 0 Å². The summed E-state index contributed by atoms with van der Waals surface area (Å²) in [7, 11) is 0. The van der Waals surface area contributed by atoms with E-state index < -0.39 is 11.8 Å². The van der Waals surface area contributed by atoms with E-state index in [4.69, 9.17) is 0 Å². The number of nitrogens with one attached hydrogen (secondary N) is 2. The van der Waals surface area contributed by atoms with Crippen LogP contribution in [0.15, 0.2) is 59.4 Å². The quantitative estimate of drug-likeness (QED) is 0.248. The number of amides is 2. The van der Waals surface area contributed by atoms with Gasteiger partial charge in [-0.15, -0.1) is 11.3 Å². The number of rotatable bonds is 7. The minimum Gasteiger partial charge on any atom is -0.268 e. The number of hydrogen-bond acceptors (Lipinski definition) is 6. The minimum absolute atomic E-state index is 0.0807. The van der Waals surface area contributed by atoms with Gasteiger partial charge in [0.25, 0.3) is 17.4 Å². The summed E-state index contributed by atoms with van der Waals surface area (Å²) in [6.07, 6.45) is 5.64. The Hall–Kier alpha value is -3.85. The number of fused-ring (bicyclic) bond motifs is 2. The molecule has 0 fully saturated rings. The van der Waals surface area contributed by atoms with Gasteiger partial charge in [0.2, 0.25) is 0 Å². The van der Waals surface area contributed by atoms with Gasteiger partial charge in [0.05, 0.1) is 15.6 Å². The zero-order valence-corrected chi connectivity index (χ0v) is 18.9. The normalized spacial score (nSPS) is 11.3. The van der Waals surface area contributed by atoms with Crippen molar-refractivity contribution in [2.45, 2.75) is 32.7 Å². The molecule has 0 unspecified atom stereocenters. The van der Waals surface area contributed by atoms with Crippen molar-refractivity contribution in [1.82, 2.24) is 25.6 Å². The number of aromatic nitrogens is 3. The van der Waals surface area contributed by atoms with Crippen LogP contribution in [0.25, 0.3) is 27.1 Å². The predicted octanol–water partition coefficient (Wildman–Crippen LogP) is 3.67. The number of hydrogen-bond donors (Lipinski definition) is 2. The SMILES string of the molecule is CCCCCn1nc(C(=O)NNC(=O)/C=C/c2nc3ccccc3s2)c2ccccc2c1=O. The van der Waals surface area contributed by atoms with E-state index in [1.807, 2.05) is 24.3 Å². The van der Waals surface area contributed by atoms with Gasteiger partial charge in [0.15, 0.2) is 5.69 Å². The van der Waals surface area contributed by atoms with E-state index in [-0.39, 0.29) is 11.3 Å². The first-order chi connectivity index (χ1) is 16.1. The molecule has 8 nitrogen and oxygen atoms in total. The summed E-state index contributed by atoms with van der Waals surface area (Å²) < 4.78 is 2.35. The molecule has 0 aliphatic heterocycles. The van der Waals surface area contributed by atoms with Gasteiger partial charge in [0.1, 0.15) is 5.01 Å². The molecule has 0 aliphatic rings. The monoisotopic (exact) mass is 461 g/mol. The van der Waals surface area contributed by atoms with Crippen LogP contribution in [-0.4, -0.2) is 26.6 Å². The van der Waals surface area contributed by atoms with Gasteiger partial charge in [0, 0.05) is 18.0 Å². The second-order valence-corrected chi connectivity index (χ2v) is 8.49. The average Bonchev–Trinajstić information content (AvgIpc) is 3.26. The zero-order valence-electron chi connectivity index (χ0n) is 18.1. The molecule has 0 saturated carbocycles. The van der Waals surface area contributed by atoms with Gasteiger partial charge in [-0.1, -0.05) is 50.1 Å². The molecular formula is C24H23N5O3S. The topological polar surface area (TPSA) is 106 Å². The van der Waals surface area contributed by atoms with Gasteiger partial charge in [-0.05, 0) is 30.7 Å². The number of carbonyl (C=O) groups excluding carboxylic acids is 2. The lowest BCUT2D eigenvalue weighted by Crippen LogP contribution is -2.42. The van der Waals surface area contributed by atoms with Gasteiger partial charge >= 0.3 is 0 Å². The number of nitrogens with zero attached hydrogens (tertiary/aromatic N) is 3. The molecule has 9 heteroatoms.